The number of carbonyl (C=O) groups excluding carboxylic acids is 1. The highest BCUT2D eigenvalue weighted by Gasteiger charge is 2.23. The minimum Gasteiger partial charge on any atom is -0.392 e. The third-order valence-electron chi connectivity index (χ3n) is 2.35. The van der Waals surface area contributed by atoms with Crippen molar-refractivity contribution in [3.8, 4) is 0 Å². The highest BCUT2D eigenvalue weighted by molar-refractivity contribution is 9.10. The van der Waals surface area contributed by atoms with E-state index in [0.717, 1.165) is 12.1 Å². The first-order valence-corrected chi connectivity index (χ1v) is 6.79. The van der Waals surface area contributed by atoms with Crippen LogP contribution in [-0.2, 0) is 0 Å². The highest BCUT2D eigenvalue weighted by atomic mass is 79.9. The summed E-state index contributed by atoms with van der Waals surface area (Å²) in [5.74, 6) is -2.58. The Hall–Kier alpha value is -1.08. The van der Waals surface area contributed by atoms with Crippen molar-refractivity contribution in [1.82, 2.24) is 4.90 Å². The quantitative estimate of drug-likeness (QED) is 0.830. The summed E-state index contributed by atoms with van der Waals surface area (Å²) >= 11 is 7.69. The molecule has 0 aliphatic rings. The zero-order valence-electron chi connectivity index (χ0n) is 10.3. The van der Waals surface area contributed by atoms with Gasteiger partial charge in [-0.15, -0.1) is 0 Å². The molecular weight excluding hydrogens is 338 g/mol. The van der Waals surface area contributed by atoms with Crippen LogP contribution in [0.3, 0.4) is 0 Å². The Bertz CT molecular complexity index is 487. The minimum atomic E-state index is -0.916. The van der Waals surface area contributed by atoms with Crippen LogP contribution in [-0.4, -0.2) is 28.9 Å². The van der Waals surface area contributed by atoms with E-state index in [9.17, 15) is 13.6 Å². The molecule has 2 N–H and O–H groups in total. The number of hydrogen-bond acceptors (Lipinski definition) is 2. The first kappa shape index (κ1) is 16.0. The van der Waals surface area contributed by atoms with Gasteiger partial charge in [-0.25, -0.2) is 8.78 Å². The largest absolute Gasteiger partial charge is 0.392 e. The van der Waals surface area contributed by atoms with Gasteiger partial charge in [-0.05, 0) is 18.6 Å². The van der Waals surface area contributed by atoms with Crippen molar-refractivity contribution in [2.45, 2.75) is 13.3 Å². The molecule has 0 saturated heterocycles. The summed E-state index contributed by atoms with van der Waals surface area (Å²) in [7, 11) is 0. The molecule has 0 aromatic heterocycles. The summed E-state index contributed by atoms with van der Waals surface area (Å²) < 4.78 is 27.7. The predicted molar refractivity (Wildman–Crippen MR) is 77.0 cm³/mol. The second-order valence-corrected chi connectivity index (χ2v) is 5.38. The molecule has 1 amide bonds. The smallest absolute Gasteiger partial charge is 0.260 e. The van der Waals surface area contributed by atoms with Gasteiger partial charge >= 0.3 is 0 Å². The number of rotatable bonds is 5. The third-order valence-corrected chi connectivity index (χ3v) is 2.94. The molecule has 0 unspecified atom stereocenters. The summed E-state index contributed by atoms with van der Waals surface area (Å²) in [6, 6.07) is 2.09. The molecule has 1 aromatic carbocycles. The van der Waals surface area contributed by atoms with E-state index in [4.69, 9.17) is 18.0 Å². The van der Waals surface area contributed by atoms with Crippen molar-refractivity contribution >= 4 is 39.0 Å². The standard InChI is InChI=1S/C12H13BrF2N2OS/c1-2-3-17(6-10(16)19)12(18)11-8(14)4-7(13)5-9(11)15/h4-5H,2-3,6H2,1H3,(H2,16,19). The van der Waals surface area contributed by atoms with Crippen LogP contribution in [0, 0.1) is 11.6 Å². The van der Waals surface area contributed by atoms with E-state index >= 15 is 0 Å². The van der Waals surface area contributed by atoms with E-state index in [1.165, 1.54) is 4.90 Å². The molecule has 0 bridgehead atoms. The van der Waals surface area contributed by atoms with Gasteiger partial charge in [-0.3, -0.25) is 4.79 Å². The lowest BCUT2D eigenvalue weighted by Crippen LogP contribution is -2.39. The fraction of sp³-hybridized carbons (Fsp3) is 0.333. The Morgan fingerprint density at radius 2 is 1.95 bits per heavy atom. The molecule has 7 heteroatoms. The monoisotopic (exact) mass is 350 g/mol. The molecule has 1 aromatic rings. The molecular formula is C12H13BrF2N2OS. The molecule has 0 saturated carbocycles. The second kappa shape index (κ2) is 6.91. The minimum absolute atomic E-state index is 0.00303. The molecule has 0 radical (unpaired) electrons. The van der Waals surface area contributed by atoms with Gasteiger partial charge in [0.15, 0.2) is 0 Å². The van der Waals surface area contributed by atoms with Crippen molar-refractivity contribution in [3.63, 3.8) is 0 Å². The van der Waals surface area contributed by atoms with E-state index < -0.39 is 23.1 Å². The number of nitrogens with zero attached hydrogens (tertiary/aromatic N) is 1. The lowest BCUT2D eigenvalue weighted by atomic mass is 10.1. The van der Waals surface area contributed by atoms with Gasteiger partial charge in [0.1, 0.15) is 17.2 Å². The summed E-state index contributed by atoms with van der Waals surface area (Å²) in [6.07, 6.45) is 0.633. The lowest BCUT2D eigenvalue weighted by Gasteiger charge is -2.22. The van der Waals surface area contributed by atoms with Gasteiger partial charge < -0.3 is 10.6 Å². The predicted octanol–water partition coefficient (Wildman–Crippen LogP) is 2.87. The van der Waals surface area contributed by atoms with Gasteiger partial charge in [-0.1, -0.05) is 35.1 Å². The maximum Gasteiger partial charge on any atom is 0.260 e. The van der Waals surface area contributed by atoms with Crippen molar-refractivity contribution in [2.24, 2.45) is 5.73 Å². The Balaban J connectivity index is 3.12. The average Bonchev–Trinajstić information content (AvgIpc) is 2.26. The lowest BCUT2D eigenvalue weighted by molar-refractivity contribution is 0.0770. The fourth-order valence-corrected chi connectivity index (χ4v) is 2.17. The zero-order chi connectivity index (χ0) is 14.6. The Kier molecular flexibility index (Phi) is 5.81. The SMILES string of the molecule is CCCN(CC(N)=S)C(=O)c1c(F)cc(Br)cc1F. The van der Waals surface area contributed by atoms with Crippen molar-refractivity contribution in [1.29, 1.82) is 0 Å². The third kappa shape index (κ3) is 4.21. The first-order chi connectivity index (χ1) is 8.86. The molecule has 0 aliphatic carbocycles. The molecule has 0 heterocycles. The summed E-state index contributed by atoms with van der Waals surface area (Å²) in [5, 5.41) is 0. The topological polar surface area (TPSA) is 46.3 Å². The summed E-state index contributed by atoms with van der Waals surface area (Å²) in [6.45, 7) is 2.16. The fourth-order valence-electron chi connectivity index (χ4n) is 1.62. The molecule has 0 spiro atoms. The van der Waals surface area contributed by atoms with Gasteiger partial charge in [-0.2, -0.15) is 0 Å². The van der Waals surface area contributed by atoms with Crippen molar-refractivity contribution in [2.75, 3.05) is 13.1 Å². The number of hydrogen-bond donors (Lipinski definition) is 1. The van der Waals surface area contributed by atoms with Crippen molar-refractivity contribution < 1.29 is 13.6 Å². The van der Waals surface area contributed by atoms with E-state index in [1.807, 2.05) is 6.92 Å². The van der Waals surface area contributed by atoms with Gasteiger partial charge in [0, 0.05) is 11.0 Å². The van der Waals surface area contributed by atoms with Gasteiger partial charge in [0.05, 0.1) is 11.5 Å². The van der Waals surface area contributed by atoms with E-state index in [0.29, 0.717) is 13.0 Å². The number of thiocarbonyl (C=S) groups is 1. The zero-order valence-corrected chi connectivity index (χ0v) is 12.7. The number of halogens is 3. The van der Waals surface area contributed by atoms with Crippen LogP contribution in [0.1, 0.15) is 23.7 Å². The first-order valence-electron chi connectivity index (χ1n) is 5.59. The maximum absolute atomic E-state index is 13.7. The van der Waals surface area contributed by atoms with Crippen LogP contribution < -0.4 is 5.73 Å². The number of carbonyl (C=O) groups is 1. The van der Waals surface area contributed by atoms with Crippen LogP contribution >= 0.6 is 28.1 Å². The molecule has 0 atom stereocenters. The Labute approximate surface area is 123 Å². The van der Waals surface area contributed by atoms with Crippen LogP contribution in [0.25, 0.3) is 0 Å². The van der Waals surface area contributed by atoms with Gasteiger partial charge in [0.2, 0.25) is 0 Å². The molecule has 0 aliphatic heterocycles. The molecule has 104 valence electrons. The van der Waals surface area contributed by atoms with Crippen LogP contribution in [0.2, 0.25) is 0 Å². The van der Waals surface area contributed by atoms with Gasteiger partial charge in [0.25, 0.3) is 5.91 Å². The summed E-state index contributed by atoms with van der Waals surface area (Å²) in [5.41, 5.74) is 4.79. The van der Waals surface area contributed by atoms with Crippen LogP contribution in [0.15, 0.2) is 16.6 Å². The van der Waals surface area contributed by atoms with Crippen molar-refractivity contribution in [3.05, 3.63) is 33.8 Å². The Morgan fingerprint density at radius 1 is 1.42 bits per heavy atom. The molecule has 3 nitrogen and oxygen atoms in total. The number of nitrogens with two attached hydrogens (primary N) is 1. The highest BCUT2D eigenvalue weighted by Crippen LogP contribution is 2.21. The molecule has 0 fully saturated rings. The van der Waals surface area contributed by atoms with E-state index in [-0.39, 0.29) is 16.0 Å². The number of amides is 1. The maximum atomic E-state index is 13.7. The second-order valence-electron chi connectivity index (χ2n) is 3.94. The van der Waals surface area contributed by atoms with Crippen LogP contribution in [0.5, 0.6) is 0 Å². The number of benzene rings is 1. The summed E-state index contributed by atoms with van der Waals surface area (Å²) in [4.78, 5) is 13.5. The van der Waals surface area contributed by atoms with E-state index in [1.54, 1.807) is 0 Å². The molecule has 19 heavy (non-hydrogen) atoms. The average molecular weight is 351 g/mol. The molecule has 1 rings (SSSR count). The van der Waals surface area contributed by atoms with E-state index in [2.05, 4.69) is 15.9 Å². The normalized spacial score (nSPS) is 10.3. The van der Waals surface area contributed by atoms with Crippen LogP contribution in [0.4, 0.5) is 8.78 Å². The Morgan fingerprint density at radius 3 is 2.37 bits per heavy atom.